The van der Waals surface area contributed by atoms with Crippen molar-refractivity contribution in [3.8, 4) is 5.75 Å². The summed E-state index contributed by atoms with van der Waals surface area (Å²) in [6, 6.07) is 14.9. The fraction of sp³-hybridized carbons (Fsp3) is 0.364. The van der Waals surface area contributed by atoms with Crippen molar-refractivity contribution >= 4 is 17.5 Å². The number of hydrogen-bond donors (Lipinski definition) is 2. The standard InChI is InChI=1S/C22H27N3O3/c1-16(2)28-20-7-4-3-6-19(20)24-22(27)18-10-8-17(9-11-18)14-25-13-5-12-23-21(26)15-25/h3-4,6-11,16H,5,12-15H2,1-2H3,(H,23,26)(H,24,27). The van der Waals surface area contributed by atoms with Gasteiger partial charge >= 0.3 is 0 Å². The van der Waals surface area contributed by atoms with Crippen LogP contribution in [0.5, 0.6) is 5.75 Å². The molecule has 6 nitrogen and oxygen atoms in total. The number of nitrogens with one attached hydrogen (secondary N) is 2. The number of benzene rings is 2. The average Bonchev–Trinajstić information content (AvgIpc) is 2.87. The number of rotatable bonds is 6. The molecule has 0 aromatic heterocycles. The Morgan fingerprint density at radius 1 is 1.18 bits per heavy atom. The monoisotopic (exact) mass is 381 g/mol. The van der Waals surface area contributed by atoms with E-state index in [9.17, 15) is 9.59 Å². The lowest BCUT2D eigenvalue weighted by Crippen LogP contribution is -2.32. The van der Waals surface area contributed by atoms with Gasteiger partial charge in [0.05, 0.1) is 18.3 Å². The Bertz CT molecular complexity index is 818. The van der Waals surface area contributed by atoms with Crippen LogP contribution in [0, 0.1) is 0 Å². The topological polar surface area (TPSA) is 70.7 Å². The molecule has 2 amide bonds. The van der Waals surface area contributed by atoms with Crippen LogP contribution in [-0.2, 0) is 11.3 Å². The summed E-state index contributed by atoms with van der Waals surface area (Å²) in [6.07, 6.45) is 0.975. The third-order valence-corrected chi connectivity index (χ3v) is 4.46. The Morgan fingerprint density at radius 2 is 1.93 bits per heavy atom. The van der Waals surface area contributed by atoms with Crippen molar-refractivity contribution in [1.29, 1.82) is 0 Å². The quantitative estimate of drug-likeness (QED) is 0.807. The summed E-state index contributed by atoms with van der Waals surface area (Å²) < 4.78 is 5.75. The summed E-state index contributed by atoms with van der Waals surface area (Å²) >= 11 is 0. The molecule has 148 valence electrons. The fourth-order valence-electron chi connectivity index (χ4n) is 3.14. The van der Waals surface area contributed by atoms with Crippen molar-refractivity contribution in [2.75, 3.05) is 25.0 Å². The van der Waals surface area contributed by atoms with Gasteiger partial charge in [-0.3, -0.25) is 14.5 Å². The largest absolute Gasteiger partial charge is 0.489 e. The first-order chi connectivity index (χ1) is 13.5. The minimum atomic E-state index is -0.180. The van der Waals surface area contributed by atoms with Crippen LogP contribution in [-0.4, -0.2) is 42.5 Å². The second-order valence-corrected chi connectivity index (χ2v) is 7.23. The summed E-state index contributed by atoms with van der Waals surface area (Å²) in [6.45, 7) is 6.62. The van der Waals surface area contributed by atoms with Crippen molar-refractivity contribution in [1.82, 2.24) is 10.2 Å². The van der Waals surface area contributed by atoms with Crippen LogP contribution in [0.4, 0.5) is 5.69 Å². The molecule has 0 aliphatic carbocycles. The minimum Gasteiger partial charge on any atom is -0.489 e. The van der Waals surface area contributed by atoms with Crippen LogP contribution < -0.4 is 15.4 Å². The van der Waals surface area contributed by atoms with Crippen molar-refractivity contribution in [3.05, 3.63) is 59.7 Å². The van der Waals surface area contributed by atoms with Crippen LogP contribution in [0.25, 0.3) is 0 Å². The second-order valence-electron chi connectivity index (χ2n) is 7.23. The summed E-state index contributed by atoms with van der Waals surface area (Å²) in [5.74, 6) is 0.540. The molecular weight excluding hydrogens is 354 g/mol. The number of anilines is 1. The molecule has 0 atom stereocenters. The highest BCUT2D eigenvalue weighted by atomic mass is 16.5. The Kier molecular flexibility index (Phi) is 6.66. The molecule has 0 saturated carbocycles. The highest BCUT2D eigenvalue weighted by molar-refractivity contribution is 6.05. The fourth-order valence-corrected chi connectivity index (χ4v) is 3.14. The zero-order valence-electron chi connectivity index (χ0n) is 16.4. The highest BCUT2D eigenvalue weighted by Gasteiger charge is 2.15. The number of carbonyl (C=O) groups excluding carboxylic acids is 2. The van der Waals surface area contributed by atoms with E-state index in [4.69, 9.17) is 4.74 Å². The van der Waals surface area contributed by atoms with Gasteiger partial charge in [-0.1, -0.05) is 24.3 Å². The van der Waals surface area contributed by atoms with Gasteiger partial charge in [0, 0.05) is 25.2 Å². The lowest BCUT2D eigenvalue weighted by atomic mass is 10.1. The third kappa shape index (κ3) is 5.57. The van der Waals surface area contributed by atoms with Gasteiger partial charge in [0.15, 0.2) is 0 Å². The molecule has 6 heteroatoms. The first-order valence-corrected chi connectivity index (χ1v) is 9.66. The van der Waals surface area contributed by atoms with Crippen molar-refractivity contribution in [2.24, 2.45) is 0 Å². The summed E-state index contributed by atoms with van der Waals surface area (Å²) in [5.41, 5.74) is 2.31. The number of para-hydroxylation sites is 2. The van der Waals surface area contributed by atoms with Gasteiger partial charge in [-0.05, 0) is 50.1 Å². The molecule has 1 heterocycles. The van der Waals surface area contributed by atoms with Gasteiger partial charge < -0.3 is 15.4 Å². The predicted octanol–water partition coefficient (Wildman–Crippen LogP) is 3.05. The van der Waals surface area contributed by atoms with Gasteiger partial charge in [-0.15, -0.1) is 0 Å². The molecule has 2 aromatic carbocycles. The van der Waals surface area contributed by atoms with Gasteiger partial charge in [0.2, 0.25) is 5.91 Å². The zero-order valence-corrected chi connectivity index (χ0v) is 16.4. The van der Waals surface area contributed by atoms with Gasteiger partial charge in [0.25, 0.3) is 5.91 Å². The SMILES string of the molecule is CC(C)Oc1ccccc1NC(=O)c1ccc(CN2CCCNC(=O)C2)cc1. The molecule has 0 unspecified atom stereocenters. The molecule has 28 heavy (non-hydrogen) atoms. The summed E-state index contributed by atoms with van der Waals surface area (Å²) in [4.78, 5) is 26.4. The zero-order chi connectivity index (χ0) is 19.9. The molecule has 1 saturated heterocycles. The molecule has 0 radical (unpaired) electrons. The van der Waals surface area contributed by atoms with Crippen molar-refractivity contribution in [3.63, 3.8) is 0 Å². The maximum atomic E-state index is 12.6. The molecule has 1 aliphatic rings. The van der Waals surface area contributed by atoms with E-state index in [2.05, 4.69) is 15.5 Å². The summed E-state index contributed by atoms with van der Waals surface area (Å²) in [7, 11) is 0. The van der Waals surface area contributed by atoms with Crippen LogP contribution in [0.3, 0.4) is 0 Å². The molecule has 2 aromatic rings. The Morgan fingerprint density at radius 3 is 2.68 bits per heavy atom. The Balaban J connectivity index is 1.63. The first kappa shape index (κ1) is 19.9. The minimum absolute atomic E-state index is 0.0263. The van der Waals surface area contributed by atoms with E-state index >= 15 is 0 Å². The van der Waals surface area contributed by atoms with E-state index in [0.717, 1.165) is 25.1 Å². The predicted molar refractivity (Wildman–Crippen MR) is 110 cm³/mol. The van der Waals surface area contributed by atoms with E-state index in [0.29, 0.717) is 30.1 Å². The van der Waals surface area contributed by atoms with E-state index < -0.39 is 0 Å². The average molecular weight is 381 g/mol. The Labute approximate surface area is 165 Å². The lowest BCUT2D eigenvalue weighted by Gasteiger charge is -2.18. The second kappa shape index (κ2) is 9.37. The Hall–Kier alpha value is -2.86. The highest BCUT2D eigenvalue weighted by Crippen LogP contribution is 2.25. The van der Waals surface area contributed by atoms with E-state index in [1.54, 1.807) is 0 Å². The normalized spacial score (nSPS) is 15.0. The molecule has 1 fully saturated rings. The number of nitrogens with zero attached hydrogens (tertiary/aromatic N) is 1. The van der Waals surface area contributed by atoms with Gasteiger partial charge in [0.1, 0.15) is 5.75 Å². The molecule has 2 N–H and O–H groups in total. The van der Waals surface area contributed by atoms with Gasteiger partial charge in [-0.25, -0.2) is 0 Å². The third-order valence-electron chi connectivity index (χ3n) is 4.46. The maximum Gasteiger partial charge on any atom is 0.255 e. The van der Waals surface area contributed by atoms with Crippen LogP contribution in [0.15, 0.2) is 48.5 Å². The van der Waals surface area contributed by atoms with Crippen LogP contribution in [0.2, 0.25) is 0 Å². The number of hydrogen-bond acceptors (Lipinski definition) is 4. The lowest BCUT2D eigenvalue weighted by molar-refractivity contribution is -0.121. The van der Waals surface area contributed by atoms with Crippen LogP contribution >= 0.6 is 0 Å². The maximum absolute atomic E-state index is 12.6. The van der Waals surface area contributed by atoms with Gasteiger partial charge in [-0.2, -0.15) is 0 Å². The summed E-state index contributed by atoms with van der Waals surface area (Å²) in [5, 5.41) is 5.80. The molecular formula is C22H27N3O3. The van der Waals surface area contributed by atoms with E-state index in [-0.39, 0.29) is 17.9 Å². The molecule has 3 rings (SSSR count). The van der Waals surface area contributed by atoms with E-state index in [1.807, 2.05) is 62.4 Å². The smallest absolute Gasteiger partial charge is 0.255 e. The van der Waals surface area contributed by atoms with Crippen molar-refractivity contribution in [2.45, 2.75) is 32.9 Å². The first-order valence-electron chi connectivity index (χ1n) is 9.66. The molecule has 0 bridgehead atoms. The number of amides is 2. The number of ether oxygens (including phenoxy) is 1. The van der Waals surface area contributed by atoms with Crippen molar-refractivity contribution < 1.29 is 14.3 Å². The number of carbonyl (C=O) groups is 2. The molecule has 1 aliphatic heterocycles. The molecule has 0 spiro atoms. The van der Waals surface area contributed by atoms with E-state index in [1.165, 1.54) is 0 Å². The van der Waals surface area contributed by atoms with Crippen LogP contribution in [0.1, 0.15) is 36.2 Å².